The van der Waals surface area contributed by atoms with Crippen molar-refractivity contribution in [2.45, 2.75) is 6.92 Å². The first-order valence-corrected chi connectivity index (χ1v) is 8.60. The second-order valence-electron chi connectivity index (χ2n) is 6.19. The number of nitro groups is 1. The van der Waals surface area contributed by atoms with Crippen LogP contribution in [-0.2, 0) is 9.53 Å². The Morgan fingerprint density at radius 1 is 1.21 bits per heavy atom. The average Bonchev–Trinajstić information content (AvgIpc) is 3.03. The first-order valence-electron chi connectivity index (χ1n) is 8.60. The summed E-state index contributed by atoms with van der Waals surface area (Å²) in [4.78, 5) is 28.9. The number of nitro benzene ring substituents is 1. The molecule has 3 rings (SSSR count). The third-order valence-electron chi connectivity index (χ3n) is 4.01. The topological polar surface area (TPSA) is 94.3 Å². The van der Waals surface area contributed by atoms with Crippen LogP contribution < -0.4 is 9.64 Å². The summed E-state index contributed by atoms with van der Waals surface area (Å²) in [7, 11) is 3.45. The van der Waals surface area contributed by atoms with Crippen molar-refractivity contribution in [3.05, 3.63) is 69.4 Å². The molecular weight excluding hydrogens is 362 g/mol. The van der Waals surface area contributed by atoms with Crippen molar-refractivity contribution in [2.75, 3.05) is 25.6 Å². The van der Waals surface area contributed by atoms with Crippen LogP contribution in [0, 0.1) is 10.1 Å². The van der Waals surface area contributed by atoms with Gasteiger partial charge in [0.2, 0.25) is 5.90 Å². The van der Waals surface area contributed by atoms with Crippen LogP contribution in [0.25, 0.3) is 6.08 Å². The van der Waals surface area contributed by atoms with Gasteiger partial charge in [-0.2, -0.15) is 0 Å². The molecule has 0 fully saturated rings. The molecule has 8 heteroatoms. The highest BCUT2D eigenvalue weighted by molar-refractivity contribution is 6.12. The summed E-state index contributed by atoms with van der Waals surface area (Å²) in [6.45, 7) is 2.45. The Labute approximate surface area is 161 Å². The molecule has 28 heavy (non-hydrogen) atoms. The van der Waals surface area contributed by atoms with Crippen LogP contribution in [-0.4, -0.2) is 37.5 Å². The van der Waals surface area contributed by atoms with Crippen molar-refractivity contribution >= 4 is 29.3 Å². The highest BCUT2D eigenvalue weighted by atomic mass is 16.6. The molecule has 0 unspecified atom stereocenters. The van der Waals surface area contributed by atoms with Crippen molar-refractivity contribution in [1.29, 1.82) is 0 Å². The molecule has 0 bridgehead atoms. The van der Waals surface area contributed by atoms with Crippen LogP contribution in [0.5, 0.6) is 5.75 Å². The Morgan fingerprint density at radius 2 is 1.93 bits per heavy atom. The molecular formula is C20H19N3O5. The van der Waals surface area contributed by atoms with Gasteiger partial charge >= 0.3 is 5.97 Å². The molecule has 0 atom stereocenters. The van der Waals surface area contributed by atoms with Crippen LogP contribution in [0.15, 0.2) is 53.2 Å². The van der Waals surface area contributed by atoms with Crippen molar-refractivity contribution in [1.82, 2.24) is 0 Å². The Balaban J connectivity index is 1.91. The number of carbonyl (C=O) groups excluding carboxylic acids is 1. The van der Waals surface area contributed by atoms with E-state index in [-0.39, 0.29) is 17.3 Å². The Hall–Kier alpha value is -3.68. The molecule has 0 N–H and O–H groups in total. The van der Waals surface area contributed by atoms with E-state index in [4.69, 9.17) is 9.47 Å². The fraction of sp³-hybridized carbons (Fsp3) is 0.200. The SMILES string of the molecule is CCOc1ccc(C2=N/C(=C\c3ccc(N(C)C)c([N+](=O)[O-])c3)C(=O)O2)cc1. The van der Waals surface area contributed by atoms with E-state index < -0.39 is 10.9 Å². The number of hydrogen-bond acceptors (Lipinski definition) is 7. The van der Waals surface area contributed by atoms with Crippen LogP contribution in [0.2, 0.25) is 0 Å². The third kappa shape index (κ3) is 4.01. The first kappa shape index (κ1) is 19.1. The zero-order chi connectivity index (χ0) is 20.3. The van der Waals surface area contributed by atoms with E-state index in [0.717, 1.165) is 0 Å². The molecule has 0 radical (unpaired) electrons. The van der Waals surface area contributed by atoms with Gasteiger partial charge in [0, 0.05) is 25.7 Å². The zero-order valence-corrected chi connectivity index (χ0v) is 15.7. The molecule has 0 amide bonds. The number of aliphatic imine (C=N–C) groups is 1. The standard InChI is InChI=1S/C20H19N3O5/c1-4-27-15-8-6-14(7-9-15)19-21-16(20(24)28-19)11-13-5-10-17(22(2)3)18(12-13)23(25)26/h5-12H,4H2,1-3H3/b16-11-. The normalized spacial score (nSPS) is 14.6. The van der Waals surface area contributed by atoms with Crippen molar-refractivity contribution in [3.8, 4) is 5.75 Å². The number of nitrogens with zero attached hydrogens (tertiary/aromatic N) is 3. The summed E-state index contributed by atoms with van der Waals surface area (Å²) >= 11 is 0. The molecule has 1 aliphatic rings. The second kappa shape index (κ2) is 7.91. The maximum atomic E-state index is 12.2. The molecule has 2 aromatic carbocycles. The summed E-state index contributed by atoms with van der Waals surface area (Å²) in [5, 5.41) is 11.3. The fourth-order valence-electron chi connectivity index (χ4n) is 2.71. The summed E-state index contributed by atoms with van der Waals surface area (Å²) in [6.07, 6.45) is 1.47. The number of anilines is 1. The van der Waals surface area contributed by atoms with Crippen molar-refractivity contribution in [2.24, 2.45) is 4.99 Å². The van der Waals surface area contributed by atoms with Gasteiger partial charge in [-0.15, -0.1) is 0 Å². The summed E-state index contributed by atoms with van der Waals surface area (Å²) in [6, 6.07) is 11.7. The Bertz CT molecular complexity index is 978. The lowest BCUT2D eigenvalue weighted by Crippen LogP contribution is -2.11. The molecule has 8 nitrogen and oxygen atoms in total. The number of rotatable bonds is 6. The van der Waals surface area contributed by atoms with Gasteiger partial charge in [0.25, 0.3) is 5.69 Å². The summed E-state index contributed by atoms with van der Waals surface area (Å²) in [5.41, 5.74) is 1.62. The van der Waals surface area contributed by atoms with E-state index in [2.05, 4.69) is 4.99 Å². The molecule has 1 heterocycles. The van der Waals surface area contributed by atoms with E-state index in [9.17, 15) is 14.9 Å². The van der Waals surface area contributed by atoms with Crippen LogP contribution in [0.1, 0.15) is 18.1 Å². The van der Waals surface area contributed by atoms with Gasteiger partial charge in [-0.3, -0.25) is 10.1 Å². The molecule has 0 aromatic heterocycles. The van der Waals surface area contributed by atoms with Gasteiger partial charge in [0.1, 0.15) is 11.4 Å². The number of hydrogen-bond donors (Lipinski definition) is 0. The number of ether oxygens (including phenoxy) is 2. The lowest BCUT2D eigenvalue weighted by atomic mass is 10.1. The van der Waals surface area contributed by atoms with Crippen molar-refractivity contribution < 1.29 is 19.2 Å². The fourth-order valence-corrected chi connectivity index (χ4v) is 2.71. The molecule has 0 aliphatic carbocycles. The zero-order valence-electron chi connectivity index (χ0n) is 15.7. The average molecular weight is 381 g/mol. The van der Waals surface area contributed by atoms with E-state index in [1.807, 2.05) is 6.92 Å². The lowest BCUT2D eigenvalue weighted by Gasteiger charge is -2.12. The number of cyclic esters (lactones) is 1. The third-order valence-corrected chi connectivity index (χ3v) is 4.01. The number of carbonyl (C=O) groups is 1. The highest BCUT2D eigenvalue weighted by Crippen LogP contribution is 2.29. The monoisotopic (exact) mass is 381 g/mol. The molecule has 0 saturated carbocycles. The van der Waals surface area contributed by atoms with Gasteiger partial charge in [0.15, 0.2) is 5.70 Å². The predicted octanol–water partition coefficient (Wildman–Crippen LogP) is 3.40. The van der Waals surface area contributed by atoms with Gasteiger partial charge in [-0.1, -0.05) is 6.07 Å². The number of esters is 1. The maximum absolute atomic E-state index is 12.2. The van der Waals surface area contributed by atoms with E-state index in [1.54, 1.807) is 55.4 Å². The largest absolute Gasteiger partial charge is 0.494 e. The molecule has 1 aliphatic heterocycles. The first-order chi connectivity index (χ1) is 13.4. The van der Waals surface area contributed by atoms with Crippen LogP contribution in [0.4, 0.5) is 11.4 Å². The smallest absolute Gasteiger partial charge is 0.363 e. The van der Waals surface area contributed by atoms with Gasteiger partial charge in [-0.05, 0) is 48.9 Å². The van der Waals surface area contributed by atoms with Gasteiger partial charge in [0.05, 0.1) is 11.5 Å². The molecule has 144 valence electrons. The predicted molar refractivity (Wildman–Crippen MR) is 106 cm³/mol. The Kier molecular flexibility index (Phi) is 5.39. The molecule has 0 spiro atoms. The van der Waals surface area contributed by atoms with Crippen LogP contribution in [0.3, 0.4) is 0 Å². The molecule has 0 saturated heterocycles. The van der Waals surface area contributed by atoms with Crippen molar-refractivity contribution in [3.63, 3.8) is 0 Å². The van der Waals surface area contributed by atoms with Gasteiger partial charge < -0.3 is 14.4 Å². The summed E-state index contributed by atoms with van der Waals surface area (Å²) in [5.74, 6) is 0.280. The minimum absolute atomic E-state index is 0.0542. The number of benzene rings is 2. The quantitative estimate of drug-likeness (QED) is 0.329. The minimum atomic E-state index is -0.608. The van der Waals surface area contributed by atoms with Crippen LogP contribution >= 0.6 is 0 Å². The van der Waals surface area contributed by atoms with E-state index in [1.165, 1.54) is 12.1 Å². The molecule has 2 aromatic rings. The second-order valence-corrected chi connectivity index (χ2v) is 6.19. The summed E-state index contributed by atoms with van der Waals surface area (Å²) < 4.78 is 10.6. The van der Waals surface area contributed by atoms with Gasteiger partial charge in [-0.25, -0.2) is 9.79 Å². The van der Waals surface area contributed by atoms with E-state index >= 15 is 0 Å². The Morgan fingerprint density at radius 3 is 2.54 bits per heavy atom. The highest BCUT2D eigenvalue weighted by Gasteiger charge is 2.25. The lowest BCUT2D eigenvalue weighted by molar-refractivity contribution is -0.384. The maximum Gasteiger partial charge on any atom is 0.363 e. The van der Waals surface area contributed by atoms with E-state index in [0.29, 0.717) is 29.2 Å². The minimum Gasteiger partial charge on any atom is -0.494 e.